The van der Waals surface area contributed by atoms with Gasteiger partial charge in [0.25, 0.3) is 0 Å². The molecule has 2 N–H and O–H groups in total. The average Bonchev–Trinajstić information content (AvgIpc) is 2.33. The van der Waals surface area contributed by atoms with E-state index in [4.69, 9.17) is 10.5 Å². The van der Waals surface area contributed by atoms with Crippen molar-refractivity contribution in [1.82, 2.24) is 0 Å². The topological polar surface area (TPSA) is 52.3 Å². The number of nitrogen functional groups attached to an aromatic ring is 1. The molecule has 1 aromatic carbocycles. The second kappa shape index (κ2) is 7.22. The molecule has 1 atom stereocenters. The lowest BCUT2D eigenvalue weighted by Crippen LogP contribution is -2.18. The van der Waals surface area contributed by atoms with Gasteiger partial charge in [-0.3, -0.25) is 4.79 Å². The molecule has 0 aliphatic heterocycles. The number of carbonyl (C=O) groups excluding carboxylic acids is 1. The predicted octanol–water partition coefficient (Wildman–Crippen LogP) is 3.09. The highest BCUT2D eigenvalue weighted by Gasteiger charge is 2.19. The number of rotatable bonds is 6. The van der Waals surface area contributed by atoms with Crippen molar-refractivity contribution in [2.24, 2.45) is 0 Å². The SMILES string of the molecule is CCCCC(Sc1cccc(N)c1)C(=O)OC. The molecular weight excluding hydrogens is 234 g/mol. The van der Waals surface area contributed by atoms with Crippen LogP contribution in [0.3, 0.4) is 0 Å². The molecule has 0 bridgehead atoms. The van der Waals surface area contributed by atoms with Gasteiger partial charge in [-0.25, -0.2) is 0 Å². The molecule has 0 saturated carbocycles. The van der Waals surface area contributed by atoms with Gasteiger partial charge in [0.05, 0.1) is 7.11 Å². The van der Waals surface area contributed by atoms with Gasteiger partial charge >= 0.3 is 5.97 Å². The lowest BCUT2D eigenvalue weighted by molar-refractivity contribution is -0.140. The second-order valence-electron chi connectivity index (χ2n) is 3.84. The number of unbranched alkanes of at least 4 members (excludes halogenated alkanes) is 1. The maximum absolute atomic E-state index is 11.6. The molecule has 0 aliphatic carbocycles. The zero-order valence-corrected chi connectivity index (χ0v) is 11.1. The summed E-state index contributed by atoms with van der Waals surface area (Å²) in [6.07, 6.45) is 2.93. The minimum Gasteiger partial charge on any atom is -0.468 e. The van der Waals surface area contributed by atoms with Gasteiger partial charge in [0.2, 0.25) is 0 Å². The first kappa shape index (κ1) is 13.9. The number of thioether (sulfide) groups is 1. The summed E-state index contributed by atoms with van der Waals surface area (Å²) < 4.78 is 4.82. The zero-order chi connectivity index (χ0) is 12.7. The van der Waals surface area contributed by atoms with E-state index in [1.54, 1.807) is 0 Å². The van der Waals surface area contributed by atoms with Crippen LogP contribution in [-0.4, -0.2) is 18.3 Å². The summed E-state index contributed by atoms with van der Waals surface area (Å²) >= 11 is 1.52. The van der Waals surface area contributed by atoms with E-state index in [1.165, 1.54) is 18.9 Å². The van der Waals surface area contributed by atoms with E-state index in [0.717, 1.165) is 24.2 Å². The Morgan fingerprint density at radius 3 is 2.88 bits per heavy atom. The van der Waals surface area contributed by atoms with Gasteiger partial charge in [-0.15, -0.1) is 11.8 Å². The summed E-state index contributed by atoms with van der Waals surface area (Å²) in [5, 5.41) is -0.137. The molecule has 0 heterocycles. The van der Waals surface area contributed by atoms with Crippen molar-refractivity contribution in [1.29, 1.82) is 0 Å². The Morgan fingerprint density at radius 1 is 1.53 bits per heavy atom. The molecule has 0 radical (unpaired) electrons. The number of methoxy groups -OCH3 is 1. The van der Waals surface area contributed by atoms with Crippen LogP contribution in [-0.2, 0) is 9.53 Å². The van der Waals surface area contributed by atoms with Crippen molar-refractivity contribution in [3.63, 3.8) is 0 Å². The first-order valence-electron chi connectivity index (χ1n) is 5.77. The average molecular weight is 253 g/mol. The van der Waals surface area contributed by atoms with Gasteiger partial charge < -0.3 is 10.5 Å². The first-order valence-corrected chi connectivity index (χ1v) is 6.65. The Hall–Kier alpha value is -1.16. The number of benzene rings is 1. The molecule has 0 amide bonds. The third-order valence-electron chi connectivity index (χ3n) is 2.42. The van der Waals surface area contributed by atoms with Gasteiger partial charge in [-0.1, -0.05) is 25.8 Å². The Kier molecular flexibility index (Phi) is 5.91. The van der Waals surface area contributed by atoms with Crippen LogP contribution in [0.4, 0.5) is 5.69 Å². The van der Waals surface area contributed by atoms with Crippen molar-refractivity contribution in [2.45, 2.75) is 36.3 Å². The second-order valence-corrected chi connectivity index (χ2v) is 5.12. The minimum absolute atomic E-state index is 0.137. The summed E-state index contributed by atoms with van der Waals surface area (Å²) in [4.78, 5) is 12.6. The molecule has 94 valence electrons. The van der Waals surface area contributed by atoms with Crippen LogP contribution in [0.5, 0.6) is 0 Å². The van der Waals surface area contributed by atoms with Gasteiger partial charge in [0, 0.05) is 10.6 Å². The molecule has 1 rings (SSSR count). The molecule has 1 aromatic rings. The third-order valence-corrected chi connectivity index (χ3v) is 3.66. The van der Waals surface area contributed by atoms with E-state index in [9.17, 15) is 4.79 Å². The van der Waals surface area contributed by atoms with E-state index in [1.807, 2.05) is 24.3 Å². The Labute approximate surface area is 107 Å². The van der Waals surface area contributed by atoms with Crippen molar-refractivity contribution in [3.05, 3.63) is 24.3 Å². The van der Waals surface area contributed by atoms with Gasteiger partial charge in [0.15, 0.2) is 0 Å². The molecule has 4 heteroatoms. The lowest BCUT2D eigenvalue weighted by Gasteiger charge is -2.13. The Bertz CT molecular complexity index is 368. The number of nitrogens with two attached hydrogens (primary N) is 1. The molecule has 0 fully saturated rings. The molecular formula is C13H19NO2S. The van der Waals surface area contributed by atoms with Crippen molar-refractivity contribution >= 4 is 23.4 Å². The van der Waals surface area contributed by atoms with E-state index in [-0.39, 0.29) is 11.2 Å². The van der Waals surface area contributed by atoms with Gasteiger partial charge in [0.1, 0.15) is 5.25 Å². The highest BCUT2D eigenvalue weighted by molar-refractivity contribution is 8.00. The quantitative estimate of drug-likeness (QED) is 0.481. The zero-order valence-electron chi connectivity index (χ0n) is 10.3. The molecule has 0 aliphatic rings. The maximum Gasteiger partial charge on any atom is 0.319 e. The van der Waals surface area contributed by atoms with E-state index < -0.39 is 0 Å². The van der Waals surface area contributed by atoms with Crippen LogP contribution >= 0.6 is 11.8 Å². The molecule has 0 saturated heterocycles. The number of ether oxygens (including phenoxy) is 1. The summed E-state index contributed by atoms with van der Waals surface area (Å²) in [6, 6.07) is 7.57. The largest absolute Gasteiger partial charge is 0.468 e. The number of carbonyl (C=O) groups is 1. The molecule has 3 nitrogen and oxygen atoms in total. The fourth-order valence-corrected chi connectivity index (χ4v) is 2.66. The number of anilines is 1. The van der Waals surface area contributed by atoms with Crippen molar-refractivity contribution < 1.29 is 9.53 Å². The van der Waals surface area contributed by atoms with E-state index in [2.05, 4.69) is 6.92 Å². The Morgan fingerprint density at radius 2 is 2.29 bits per heavy atom. The molecule has 0 spiro atoms. The van der Waals surface area contributed by atoms with Crippen LogP contribution in [0.2, 0.25) is 0 Å². The number of hydrogen-bond acceptors (Lipinski definition) is 4. The normalized spacial score (nSPS) is 12.1. The first-order chi connectivity index (χ1) is 8.17. The Balaban J connectivity index is 2.68. The highest BCUT2D eigenvalue weighted by Crippen LogP contribution is 2.28. The number of hydrogen-bond donors (Lipinski definition) is 1. The minimum atomic E-state index is -0.161. The van der Waals surface area contributed by atoms with E-state index >= 15 is 0 Å². The summed E-state index contributed by atoms with van der Waals surface area (Å²) in [5.74, 6) is -0.161. The molecule has 17 heavy (non-hydrogen) atoms. The predicted molar refractivity (Wildman–Crippen MR) is 72.0 cm³/mol. The summed E-state index contributed by atoms with van der Waals surface area (Å²) in [5.41, 5.74) is 6.43. The fraction of sp³-hybridized carbons (Fsp3) is 0.462. The van der Waals surface area contributed by atoms with Crippen LogP contribution in [0.25, 0.3) is 0 Å². The van der Waals surface area contributed by atoms with Crippen molar-refractivity contribution in [2.75, 3.05) is 12.8 Å². The monoisotopic (exact) mass is 253 g/mol. The highest BCUT2D eigenvalue weighted by atomic mass is 32.2. The van der Waals surface area contributed by atoms with Crippen molar-refractivity contribution in [3.8, 4) is 0 Å². The van der Waals surface area contributed by atoms with E-state index in [0.29, 0.717) is 5.69 Å². The van der Waals surface area contributed by atoms with Crippen LogP contribution in [0.1, 0.15) is 26.2 Å². The van der Waals surface area contributed by atoms with Gasteiger partial charge in [-0.2, -0.15) is 0 Å². The molecule has 1 unspecified atom stereocenters. The van der Waals surface area contributed by atoms with Crippen LogP contribution < -0.4 is 5.73 Å². The van der Waals surface area contributed by atoms with Crippen LogP contribution in [0.15, 0.2) is 29.2 Å². The standard InChI is InChI=1S/C13H19NO2S/c1-3-4-8-12(13(15)16-2)17-11-7-5-6-10(14)9-11/h5-7,9,12H,3-4,8,14H2,1-2H3. The molecule has 0 aromatic heterocycles. The van der Waals surface area contributed by atoms with Gasteiger partial charge in [-0.05, 0) is 24.6 Å². The fourth-order valence-electron chi connectivity index (χ4n) is 1.50. The maximum atomic E-state index is 11.6. The smallest absolute Gasteiger partial charge is 0.319 e. The third kappa shape index (κ3) is 4.69. The lowest BCUT2D eigenvalue weighted by atomic mass is 10.2. The number of esters is 1. The van der Waals surface area contributed by atoms with Crippen LogP contribution in [0, 0.1) is 0 Å². The summed E-state index contributed by atoms with van der Waals surface area (Å²) in [6.45, 7) is 2.11. The summed E-state index contributed by atoms with van der Waals surface area (Å²) in [7, 11) is 1.43.